The Balaban J connectivity index is 1.20. The van der Waals surface area contributed by atoms with Crippen LogP contribution in [-0.2, 0) is 10.0 Å². The summed E-state index contributed by atoms with van der Waals surface area (Å²) in [6.45, 7) is 0.775. The van der Waals surface area contributed by atoms with E-state index < -0.39 is 10.0 Å². The summed E-state index contributed by atoms with van der Waals surface area (Å²) >= 11 is 12.1. The SMILES string of the molecule is NC1CCC(Nc2nc(NC3CCN(S(=O)(=O)c4ccc(Cl)c(Cl)c4)CC3)c3ncn(C4CCCC4)c3n2)CC1. The molecule has 2 aliphatic carbocycles. The number of imidazole rings is 1. The minimum Gasteiger partial charge on any atom is -0.365 e. The smallest absolute Gasteiger partial charge is 0.243 e. The molecule has 0 unspecified atom stereocenters. The Morgan fingerprint density at radius 1 is 0.875 bits per heavy atom. The molecule has 3 aromatic rings. The Morgan fingerprint density at radius 3 is 2.27 bits per heavy atom. The van der Waals surface area contributed by atoms with Gasteiger partial charge in [0.25, 0.3) is 0 Å². The second kappa shape index (κ2) is 11.6. The van der Waals surface area contributed by atoms with Crippen molar-refractivity contribution >= 4 is 56.2 Å². The number of benzene rings is 1. The molecule has 1 aliphatic heterocycles. The first kappa shape index (κ1) is 28.0. The van der Waals surface area contributed by atoms with Gasteiger partial charge < -0.3 is 20.9 Å². The average molecular weight is 608 g/mol. The third-order valence-electron chi connectivity index (χ3n) is 8.57. The summed E-state index contributed by atoms with van der Waals surface area (Å²) in [4.78, 5) is 14.7. The Labute approximate surface area is 245 Å². The highest BCUT2D eigenvalue weighted by Gasteiger charge is 2.31. The van der Waals surface area contributed by atoms with Crippen LogP contribution in [0.4, 0.5) is 11.8 Å². The summed E-state index contributed by atoms with van der Waals surface area (Å²) in [6, 6.07) is 5.45. The minimum absolute atomic E-state index is 0.0514. The predicted molar refractivity (Wildman–Crippen MR) is 159 cm³/mol. The molecule has 10 nitrogen and oxygen atoms in total. The first-order chi connectivity index (χ1) is 19.3. The number of aromatic nitrogens is 4. The van der Waals surface area contributed by atoms with E-state index in [4.69, 9.17) is 43.9 Å². The molecule has 0 bridgehead atoms. The molecule has 216 valence electrons. The molecule has 0 amide bonds. The molecule has 13 heteroatoms. The molecule has 2 aromatic heterocycles. The molecule has 1 saturated heterocycles. The van der Waals surface area contributed by atoms with E-state index in [1.165, 1.54) is 35.3 Å². The lowest BCUT2D eigenvalue weighted by Crippen LogP contribution is -2.42. The molecule has 0 atom stereocenters. The molecule has 0 spiro atoms. The fourth-order valence-corrected chi connectivity index (χ4v) is 8.06. The highest BCUT2D eigenvalue weighted by molar-refractivity contribution is 7.89. The van der Waals surface area contributed by atoms with Crippen molar-refractivity contribution < 1.29 is 8.42 Å². The summed E-state index contributed by atoms with van der Waals surface area (Å²) in [6.07, 6.45) is 11.9. The lowest BCUT2D eigenvalue weighted by Gasteiger charge is -2.32. The van der Waals surface area contributed by atoms with Crippen molar-refractivity contribution in [3.05, 3.63) is 34.6 Å². The van der Waals surface area contributed by atoms with E-state index >= 15 is 0 Å². The highest BCUT2D eigenvalue weighted by atomic mass is 35.5. The van der Waals surface area contributed by atoms with Gasteiger partial charge in [-0.15, -0.1) is 0 Å². The third kappa shape index (κ3) is 5.76. The summed E-state index contributed by atoms with van der Waals surface area (Å²) < 4.78 is 30.2. The molecular weight excluding hydrogens is 571 g/mol. The van der Waals surface area contributed by atoms with Gasteiger partial charge in [-0.05, 0) is 69.6 Å². The van der Waals surface area contributed by atoms with Crippen LogP contribution in [0.5, 0.6) is 0 Å². The highest BCUT2D eigenvalue weighted by Crippen LogP contribution is 2.34. The van der Waals surface area contributed by atoms with E-state index in [0.717, 1.165) is 49.7 Å². The molecule has 3 heterocycles. The molecule has 3 aliphatic rings. The maximum absolute atomic E-state index is 13.2. The second-order valence-electron chi connectivity index (χ2n) is 11.3. The van der Waals surface area contributed by atoms with Crippen LogP contribution in [0, 0.1) is 0 Å². The van der Waals surface area contributed by atoms with Gasteiger partial charge in [-0.25, -0.2) is 13.4 Å². The van der Waals surface area contributed by atoms with E-state index in [-0.39, 0.29) is 22.0 Å². The van der Waals surface area contributed by atoms with Crippen LogP contribution in [0.2, 0.25) is 10.0 Å². The van der Waals surface area contributed by atoms with Gasteiger partial charge in [0.1, 0.15) is 0 Å². The summed E-state index contributed by atoms with van der Waals surface area (Å²) in [7, 11) is -3.66. The number of halogens is 2. The van der Waals surface area contributed by atoms with E-state index in [2.05, 4.69) is 15.2 Å². The first-order valence-electron chi connectivity index (χ1n) is 14.3. The van der Waals surface area contributed by atoms with Crippen LogP contribution in [0.1, 0.15) is 70.3 Å². The number of anilines is 2. The topological polar surface area (TPSA) is 131 Å². The van der Waals surface area contributed by atoms with Crippen LogP contribution in [0.15, 0.2) is 29.4 Å². The molecule has 40 heavy (non-hydrogen) atoms. The number of hydrogen-bond acceptors (Lipinski definition) is 8. The van der Waals surface area contributed by atoms with Gasteiger partial charge in [-0.2, -0.15) is 14.3 Å². The van der Waals surface area contributed by atoms with Crippen molar-refractivity contribution in [3.63, 3.8) is 0 Å². The lowest BCUT2D eigenvalue weighted by molar-refractivity contribution is 0.329. The third-order valence-corrected chi connectivity index (χ3v) is 11.2. The number of nitrogens with zero attached hydrogens (tertiary/aromatic N) is 5. The summed E-state index contributed by atoms with van der Waals surface area (Å²) in [5.74, 6) is 1.30. The summed E-state index contributed by atoms with van der Waals surface area (Å²) in [5, 5.41) is 7.72. The number of fused-ring (bicyclic) bond motifs is 1. The van der Waals surface area contributed by atoms with Crippen LogP contribution in [-0.4, -0.2) is 63.5 Å². The van der Waals surface area contributed by atoms with Crippen LogP contribution < -0.4 is 16.4 Å². The molecule has 3 fully saturated rings. The number of sulfonamides is 1. The van der Waals surface area contributed by atoms with Crippen LogP contribution in [0.3, 0.4) is 0 Å². The molecule has 0 radical (unpaired) electrons. The second-order valence-corrected chi connectivity index (χ2v) is 14.1. The van der Waals surface area contributed by atoms with Crippen LogP contribution in [0.25, 0.3) is 11.2 Å². The molecule has 6 rings (SSSR count). The van der Waals surface area contributed by atoms with Crippen molar-refractivity contribution in [2.45, 2.75) is 93.3 Å². The van der Waals surface area contributed by atoms with Crippen molar-refractivity contribution in [1.82, 2.24) is 23.8 Å². The Hall–Kier alpha value is -2.18. The van der Waals surface area contributed by atoms with Crippen molar-refractivity contribution in [3.8, 4) is 0 Å². The van der Waals surface area contributed by atoms with Crippen LogP contribution >= 0.6 is 23.2 Å². The van der Waals surface area contributed by atoms with Gasteiger partial charge in [0, 0.05) is 37.3 Å². The number of nitrogens with one attached hydrogen (secondary N) is 2. The lowest BCUT2D eigenvalue weighted by atomic mass is 9.92. The van der Waals surface area contributed by atoms with Gasteiger partial charge in [0.2, 0.25) is 16.0 Å². The van der Waals surface area contributed by atoms with Gasteiger partial charge >= 0.3 is 0 Å². The van der Waals surface area contributed by atoms with Crippen molar-refractivity contribution in [2.75, 3.05) is 23.7 Å². The molecular formula is C27H36Cl2N8O2S. The monoisotopic (exact) mass is 606 g/mol. The maximum Gasteiger partial charge on any atom is 0.243 e. The van der Waals surface area contributed by atoms with Gasteiger partial charge in [0.15, 0.2) is 17.0 Å². The fraction of sp³-hybridized carbons (Fsp3) is 0.593. The zero-order valence-corrected chi connectivity index (χ0v) is 24.7. The molecule has 2 saturated carbocycles. The Morgan fingerprint density at radius 2 is 1.57 bits per heavy atom. The first-order valence-corrected chi connectivity index (χ1v) is 16.5. The predicted octanol–water partition coefficient (Wildman–Crippen LogP) is 5.20. The Kier molecular flexibility index (Phi) is 8.11. The quantitative estimate of drug-likeness (QED) is 0.334. The molecule has 4 N–H and O–H groups in total. The van der Waals surface area contributed by atoms with Crippen molar-refractivity contribution in [2.24, 2.45) is 5.73 Å². The fourth-order valence-electron chi connectivity index (χ4n) is 6.20. The zero-order chi connectivity index (χ0) is 27.9. The van der Waals surface area contributed by atoms with E-state index in [1.54, 1.807) is 0 Å². The summed E-state index contributed by atoms with van der Waals surface area (Å²) in [5.41, 5.74) is 7.72. The normalized spacial score (nSPS) is 23.6. The van der Waals surface area contributed by atoms with E-state index in [1.807, 2.05) is 6.33 Å². The number of hydrogen-bond donors (Lipinski definition) is 3. The van der Waals surface area contributed by atoms with E-state index in [0.29, 0.717) is 54.8 Å². The average Bonchev–Trinajstić information content (AvgIpc) is 3.62. The van der Waals surface area contributed by atoms with Gasteiger partial charge in [0.05, 0.1) is 21.3 Å². The number of piperidine rings is 1. The standard InChI is InChI=1S/C27H36Cl2N8O2S/c28-22-10-9-21(15-23(22)29)40(38,39)36-13-11-19(12-14-36)32-25-24-26(37(16-31-24)20-3-1-2-4-20)35-27(34-25)33-18-7-5-17(30)6-8-18/h9-10,15-20H,1-8,11-14,30H2,(H2,32,33,34,35). The van der Waals surface area contributed by atoms with Crippen molar-refractivity contribution in [1.29, 1.82) is 0 Å². The Bertz CT molecular complexity index is 1460. The van der Waals surface area contributed by atoms with Gasteiger partial charge in [-0.1, -0.05) is 36.0 Å². The van der Waals surface area contributed by atoms with Gasteiger partial charge in [-0.3, -0.25) is 0 Å². The molecule has 1 aromatic carbocycles. The minimum atomic E-state index is -3.66. The largest absolute Gasteiger partial charge is 0.365 e. The number of rotatable bonds is 7. The van der Waals surface area contributed by atoms with E-state index in [9.17, 15) is 8.42 Å². The zero-order valence-electron chi connectivity index (χ0n) is 22.4. The maximum atomic E-state index is 13.2. The number of nitrogens with two attached hydrogens (primary N) is 1.